The molecule has 2 heteroatoms. The Hall–Kier alpha value is -2.35. The quantitative estimate of drug-likeness (QED) is 0.785. The third-order valence-corrected chi connectivity index (χ3v) is 3.81. The predicted octanol–water partition coefficient (Wildman–Crippen LogP) is 4.17. The summed E-state index contributed by atoms with van der Waals surface area (Å²) in [6, 6.07) is 18.7. The van der Waals surface area contributed by atoms with E-state index in [2.05, 4.69) is 48.5 Å². The SMILES string of the molecule is CCOC(=O)CC1=C[C@@H](c2ccccc2)c2ccccc21. The molecule has 0 unspecified atom stereocenters. The van der Waals surface area contributed by atoms with Gasteiger partial charge in [0.05, 0.1) is 13.0 Å². The summed E-state index contributed by atoms with van der Waals surface area (Å²) in [7, 11) is 0. The van der Waals surface area contributed by atoms with E-state index < -0.39 is 0 Å². The maximum atomic E-state index is 11.8. The van der Waals surface area contributed by atoms with Crippen LogP contribution in [0.3, 0.4) is 0 Å². The molecular formula is C19H18O2. The van der Waals surface area contributed by atoms with Crippen LogP contribution in [0.1, 0.15) is 36.0 Å². The van der Waals surface area contributed by atoms with Gasteiger partial charge in [-0.25, -0.2) is 0 Å². The Kier molecular flexibility index (Phi) is 3.87. The van der Waals surface area contributed by atoms with Gasteiger partial charge in [0.15, 0.2) is 0 Å². The van der Waals surface area contributed by atoms with Gasteiger partial charge in [0.2, 0.25) is 0 Å². The van der Waals surface area contributed by atoms with Gasteiger partial charge in [0.25, 0.3) is 0 Å². The van der Waals surface area contributed by atoms with E-state index in [-0.39, 0.29) is 11.9 Å². The summed E-state index contributed by atoms with van der Waals surface area (Å²) in [5, 5.41) is 0. The number of fused-ring (bicyclic) bond motifs is 1. The Bertz CT molecular complexity index is 671. The Morgan fingerprint density at radius 1 is 1.05 bits per heavy atom. The zero-order chi connectivity index (χ0) is 14.7. The van der Waals surface area contributed by atoms with Gasteiger partial charge in [-0.3, -0.25) is 4.79 Å². The van der Waals surface area contributed by atoms with Crippen LogP contribution in [0, 0.1) is 0 Å². The van der Waals surface area contributed by atoms with Gasteiger partial charge in [0.1, 0.15) is 0 Å². The molecular weight excluding hydrogens is 260 g/mol. The van der Waals surface area contributed by atoms with Crippen molar-refractivity contribution in [1.29, 1.82) is 0 Å². The second-order valence-electron chi connectivity index (χ2n) is 5.15. The highest BCUT2D eigenvalue weighted by atomic mass is 16.5. The standard InChI is InChI=1S/C19H18O2/c1-2-21-19(20)13-15-12-18(14-8-4-3-5-9-14)17-11-7-6-10-16(15)17/h3-12,18H,2,13H2,1H3/t18-/m0/s1. The van der Waals surface area contributed by atoms with Crippen LogP contribution in [0.5, 0.6) is 0 Å². The average molecular weight is 278 g/mol. The Balaban J connectivity index is 1.96. The predicted molar refractivity (Wildman–Crippen MR) is 84.0 cm³/mol. The highest BCUT2D eigenvalue weighted by molar-refractivity contribution is 5.89. The van der Waals surface area contributed by atoms with E-state index in [0.717, 1.165) is 5.57 Å². The van der Waals surface area contributed by atoms with Gasteiger partial charge >= 0.3 is 5.97 Å². The molecule has 0 amide bonds. The molecule has 1 aliphatic rings. The molecule has 0 spiro atoms. The van der Waals surface area contributed by atoms with Gasteiger partial charge in [-0.05, 0) is 29.2 Å². The molecule has 0 heterocycles. The van der Waals surface area contributed by atoms with Crippen molar-refractivity contribution in [2.24, 2.45) is 0 Å². The van der Waals surface area contributed by atoms with Crippen molar-refractivity contribution in [3.63, 3.8) is 0 Å². The van der Waals surface area contributed by atoms with Gasteiger partial charge in [-0.1, -0.05) is 60.7 Å². The van der Waals surface area contributed by atoms with E-state index in [1.807, 2.05) is 19.1 Å². The summed E-state index contributed by atoms with van der Waals surface area (Å²) in [5.74, 6) is 0.0686. The molecule has 0 N–H and O–H groups in total. The summed E-state index contributed by atoms with van der Waals surface area (Å²) in [6.07, 6.45) is 2.53. The maximum absolute atomic E-state index is 11.8. The Morgan fingerprint density at radius 3 is 2.52 bits per heavy atom. The van der Waals surface area contributed by atoms with Crippen molar-refractivity contribution in [2.45, 2.75) is 19.3 Å². The topological polar surface area (TPSA) is 26.3 Å². The Morgan fingerprint density at radius 2 is 1.76 bits per heavy atom. The van der Waals surface area contributed by atoms with E-state index in [0.29, 0.717) is 13.0 Å². The third kappa shape index (κ3) is 2.75. The maximum Gasteiger partial charge on any atom is 0.310 e. The lowest BCUT2D eigenvalue weighted by molar-refractivity contribution is -0.141. The van der Waals surface area contributed by atoms with E-state index >= 15 is 0 Å². The van der Waals surface area contributed by atoms with Crippen LogP contribution in [-0.2, 0) is 9.53 Å². The van der Waals surface area contributed by atoms with Crippen LogP contribution in [0.2, 0.25) is 0 Å². The molecule has 0 aliphatic heterocycles. The number of hydrogen-bond acceptors (Lipinski definition) is 2. The highest BCUT2D eigenvalue weighted by Gasteiger charge is 2.25. The monoisotopic (exact) mass is 278 g/mol. The second kappa shape index (κ2) is 5.96. The van der Waals surface area contributed by atoms with Crippen LogP contribution in [0.4, 0.5) is 0 Å². The zero-order valence-electron chi connectivity index (χ0n) is 12.1. The molecule has 0 saturated heterocycles. The first-order valence-corrected chi connectivity index (χ1v) is 7.30. The van der Waals surface area contributed by atoms with Crippen molar-refractivity contribution < 1.29 is 9.53 Å². The summed E-state index contributed by atoms with van der Waals surface area (Å²) in [6.45, 7) is 2.26. The number of carbonyl (C=O) groups is 1. The number of carbonyl (C=O) groups excluding carboxylic acids is 1. The number of hydrogen-bond donors (Lipinski definition) is 0. The smallest absolute Gasteiger partial charge is 0.310 e. The first-order chi connectivity index (χ1) is 10.3. The van der Waals surface area contributed by atoms with Crippen molar-refractivity contribution in [2.75, 3.05) is 6.61 Å². The number of allylic oxidation sites excluding steroid dienone is 1. The van der Waals surface area contributed by atoms with Crippen LogP contribution in [0.15, 0.2) is 60.7 Å². The van der Waals surface area contributed by atoms with Gasteiger partial charge < -0.3 is 4.74 Å². The number of esters is 1. The zero-order valence-corrected chi connectivity index (χ0v) is 12.1. The fourth-order valence-corrected chi connectivity index (χ4v) is 2.90. The van der Waals surface area contributed by atoms with Crippen molar-refractivity contribution in [3.8, 4) is 0 Å². The molecule has 0 fully saturated rings. The molecule has 21 heavy (non-hydrogen) atoms. The molecule has 0 bridgehead atoms. The molecule has 0 radical (unpaired) electrons. The van der Waals surface area contributed by atoms with E-state index in [4.69, 9.17) is 4.74 Å². The molecule has 1 aliphatic carbocycles. The molecule has 2 aromatic rings. The van der Waals surface area contributed by atoms with E-state index in [1.54, 1.807) is 0 Å². The summed E-state index contributed by atoms with van der Waals surface area (Å²) in [4.78, 5) is 11.8. The molecule has 3 rings (SSSR count). The first kappa shape index (κ1) is 13.6. The first-order valence-electron chi connectivity index (χ1n) is 7.30. The molecule has 1 atom stereocenters. The minimum absolute atomic E-state index is 0.160. The number of benzene rings is 2. The minimum atomic E-state index is -0.160. The minimum Gasteiger partial charge on any atom is -0.466 e. The summed E-state index contributed by atoms with van der Waals surface area (Å²) < 4.78 is 5.08. The van der Waals surface area contributed by atoms with Gasteiger partial charge in [0, 0.05) is 5.92 Å². The molecule has 106 valence electrons. The fraction of sp³-hybridized carbons (Fsp3) is 0.211. The van der Waals surface area contributed by atoms with E-state index in [1.165, 1.54) is 16.7 Å². The average Bonchev–Trinajstić information content (AvgIpc) is 2.87. The molecule has 0 aromatic heterocycles. The van der Waals surface area contributed by atoms with Crippen LogP contribution >= 0.6 is 0 Å². The fourth-order valence-electron chi connectivity index (χ4n) is 2.90. The number of ether oxygens (including phenoxy) is 1. The van der Waals surface area contributed by atoms with Crippen LogP contribution in [-0.4, -0.2) is 12.6 Å². The van der Waals surface area contributed by atoms with Crippen LogP contribution < -0.4 is 0 Å². The van der Waals surface area contributed by atoms with Gasteiger partial charge in [-0.2, -0.15) is 0 Å². The lowest BCUT2D eigenvalue weighted by Gasteiger charge is -2.10. The lowest BCUT2D eigenvalue weighted by Crippen LogP contribution is -2.04. The highest BCUT2D eigenvalue weighted by Crippen LogP contribution is 2.41. The van der Waals surface area contributed by atoms with Crippen molar-refractivity contribution in [1.82, 2.24) is 0 Å². The molecule has 2 nitrogen and oxygen atoms in total. The van der Waals surface area contributed by atoms with Crippen LogP contribution in [0.25, 0.3) is 5.57 Å². The lowest BCUT2D eigenvalue weighted by atomic mass is 9.93. The molecule has 2 aromatic carbocycles. The van der Waals surface area contributed by atoms with Crippen molar-refractivity contribution in [3.05, 3.63) is 77.4 Å². The molecule has 0 saturated carbocycles. The van der Waals surface area contributed by atoms with E-state index in [9.17, 15) is 4.79 Å². The second-order valence-corrected chi connectivity index (χ2v) is 5.15. The third-order valence-electron chi connectivity index (χ3n) is 3.81. The largest absolute Gasteiger partial charge is 0.466 e. The Labute approximate surface area is 125 Å². The van der Waals surface area contributed by atoms with Gasteiger partial charge in [-0.15, -0.1) is 0 Å². The number of rotatable bonds is 4. The summed E-state index contributed by atoms with van der Waals surface area (Å²) >= 11 is 0. The van der Waals surface area contributed by atoms with Crippen molar-refractivity contribution >= 4 is 11.5 Å². The summed E-state index contributed by atoms with van der Waals surface area (Å²) in [5.41, 5.74) is 4.75. The normalized spacial score (nSPS) is 16.2.